The zero-order chi connectivity index (χ0) is 15.2. The first-order valence-corrected chi connectivity index (χ1v) is 6.82. The maximum Gasteiger partial charge on any atom is 0.259 e. The average Bonchev–Trinajstić information content (AvgIpc) is 2.52. The lowest BCUT2D eigenvalue weighted by Gasteiger charge is -2.22. The van der Waals surface area contributed by atoms with Crippen molar-refractivity contribution in [2.75, 3.05) is 18.0 Å². The summed E-state index contributed by atoms with van der Waals surface area (Å²) >= 11 is 5.94. The molecule has 0 unspecified atom stereocenters. The number of carbonyl (C=O) groups excluding carboxylic acids is 1. The number of hydrogen-bond donors (Lipinski definition) is 1. The van der Waals surface area contributed by atoms with Crippen molar-refractivity contribution in [3.8, 4) is 6.07 Å². The van der Waals surface area contributed by atoms with E-state index in [4.69, 9.17) is 22.6 Å². The molecule has 0 saturated carbocycles. The largest absolute Gasteiger partial charge is 0.329 e. The number of anilines is 1. The monoisotopic (exact) mass is 335 g/mol. The van der Waals surface area contributed by atoms with Crippen LogP contribution in [-0.4, -0.2) is 19.0 Å². The molecule has 0 heterocycles. The lowest BCUT2D eigenvalue weighted by molar-refractivity contribution is 0.0987. The van der Waals surface area contributed by atoms with Gasteiger partial charge in [0.2, 0.25) is 0 Å². The number of nitriles is 1. The van der Waals surface area contributed by atoms with Gasteiger partial charge in [-0.05, 0) is 30.3 Å². The zero-order valence-electron chi connectivity index (χ0n) is 11.7. The Morgan fingerprint density at radius 3 is 2.50 bits per heavy atom. The van der Waals surface area contributed by atoms with Gasteiger partial charge in [0, 0.05) is 23.8 Å². The Labute approximate surface area is 140 Å². The topological polar surface area (TPSA) is 70.1 Å². The van der Waals surface area contributed by atoms with Crippen molar-refractivity contribution in [1.29, 1.82) is 5.26 Å². The molecule has 0 fully saturated rings. The highest BCUT2D eigenvalue weighted by Crippen LogP contribution is 2.21. The molecule has 0 radical (unpaired) electrons. The van der Waals surface area contributed by atoms with Gasteiger partial charge in [-0.1, -0.05) is 29.8 Å². The molecule has 0 aliphatic heterocycles. The van der Waals surface area contributed by atoms with E-state index in [-0.39, 0.29) is 23.9 Å². The summed E-state index contributed by atoms with van der Waals surface area (Å²) in [5, 5.41) is 9.57. The number of hydrogen-bond acceptors (Lipinski definition) is 3. The summed E-state index contributed by atoms with van der Waals surface area (Å²) in [4.78, 5) is 14.3. The Kier molecular flexibility index (Phi) is 6.87. The Morgan fingerprint density at radius 2 is 1.91 bits per heavy atom. The first-order chi connectivity index (χ1) is 10.2. The molecule has 2 aromatic carbocycles. The molecule has 6 heteroatoms. The smallest absolute Gasteiger partial charge is 0.259 e. The lowest BCUT2D eigenvalue weighted by atomic mass is 10.1. The maximum atomic E-state index is 12.7. The third-order valence-corrected chi connectivity index (χ3v) is 3.23. The summed E-state index contributed by atoms with van der Waals surface area (Å²) < 4.78 is 0. The lowest BCUT2D eigenvalue weighted by Crippen LogP contribution is -2.35. The van der Waals surface area contributed by atoms with Crippen LogP contribution in [0.4, 0.5) is 5.69 Å². The van der Waals surface area contributed by atoms with Crippen LogP contribution in [0.15, 0.2) is 48.5 Å². The normalized spacial score (nSPS) is 9.50. The van der Waals surface area contributed by atoms with Crippen molar-refractivity contribution >= 4 is 35.6 Å². The van der Waals surface area contributed by atoms with E-state index in [9.17, 15) is 4.79 Å². The second-order valence-corrected chi connectivity index (χ2v) is 4.82. The molecule has 2 rings (SSSR count). The van der Waals surface area contributed by atoms with Gasteiger partial charge in [-0.15, -0.1) is 12.4 Å². The summed E-state index contributed by atoms with van der Waals surface area (Å²) in [5.74, 6) is -0.286. The molecule has 0 aliphatic carbocycles. The van der Waals surface area contributed by atoms with E-state index >= 15 is 0 Å². The van der Waals surface area contributed by atoms with E-state index in [0.717, 1.165) is 5.69 Å². The van der Waals surface area contributed by atoms with Crippen LogP contribution >= 0.6 is 24.0 Å². The van der Waals surface area contributed by atoms with Crippen LogP contribution < -0.4 is 10.6 Å². The Morgan fingerprint density at radius 1 is 1.23 bits per heavy atom. The number of halogens is 2. The highest BCUT2D eigenvalue weighted by Gasteiger charge is 2.20. The van der Waals surface area contributed by atoms with Crippen LogP contribution in [0.25, 0.3) is 0 Å². The third kappa shape index (κ3) is 3.99. The molecule has 0 atom stereocenters. The van der Waals surface area contributed by atoms with Gasteiger partial charge in [0.25, 0.3) is 5.91 Å². The van der Waals surface area contributed by atoms with E-state index in [1.54, 1.807) is 17.0 Å². The second-order valence-electron chi connectivity index (χ2n) is 4.38. The minimum Gasteiger partial charge on any atom is -0.329 e. The van der Waals surface area contributed by atoms with Gasteiger partial charge in [0.05, 0.1) is 17.2 Å². The quantitative estimate of drug-likeness (QED) is 0.932. The number of nitrogens with two attached hydrogens (primary N) is 1. The molecule has 0 spiro atoms. The van der Waals surface area contributed by atoms with Gasteiger partial charge >= 0.3 is 0 Å². The van der Waals surface area contributed by atoms with E-state index in [2.05, 4.69) is 0 Å². The molecule has 2 N–H and O–H groups in total. The van der Waals surface area contributed by atoms with Gasteiger partial charge in [0.15, 0.2) is 0 Å². The molecule has 22 heavy (non-hydrogen) atoms. The van der Waals surface area contributed by atoms with Crippen LogP contribution in [0.2, 0.25) is 5.02 Å². The Balaban J connectivity index is 0.00000242. The first kappa shape index (κ1) is 18.0. The maximum absolute atomic E-state index is 12.7. The number of benzene rings is 2. The fraction of sp³-hybridized carbons (Fsp3) is 0.125. The number of para-hydroxylation sites is 1. The highest BCUT2D eigenvalue weighted by molar-refractivity contribution is 6.31. The molecule has 114 valence electrons. The van der Waals surface area contributed by atoms with Crippen molar-refractivity contribution in [2.24, 2.45) is 5.73 Å². The van der Waals surface area contributed by atoms with Gasteiger partial charge < -0.3 is 10.6 Å². The summed E-state index contributed by atoms with van der Waals surface area (Å²) in [6, 6.07) is 15.9. The Hall–Kier alpha value is -2.06. The minimum absolute atomic E-state index is 0. The van der Waals surface area contributed by atoms with Crippen LogP contribution in [0.5, 0.6) is 0 Å². The van der Waals surface area contributed by atoms with Gasteiger partial charge in [-0.25, -0.2) is 0 Å². The van der Waals surface area contributed by atoms with E-state index in [1.807, 2.05) is 36.4 Å². The number of rotatable bonds is 4. The molecular weight excluding hydrogens is 321 g/mol. The van der Waals surface area contributed by atoms with Crippen LogP contribution in [0.1, 0.15) is 15.9 Å². The van der Waals surface area contributed by atoms with Crippen molar-refractivity contribution in [3.05, 3.63) is 64.7 Å². The molecule has 1 amide bonds. The zero-order valence-corrected chi connectivity index (χ0v) is 13.3. The SMILES string of the molecule is Cl.N#Cc1ccc(Cl)cc1C(=O)N(CCN)c1ccccc1. The van der Waals surface area contributed by atoms with Gasteiger partial charge in [-0.2, -0.15) is 5.26 Å². The van der Waals surface area contributed by atoms with Gasteiger partial charge in [0.1, 0.15) is 0 Å². The standard InChI is InChI=1S/C16H14ClN3O.ClH/c17-13-7-6-12(11-19)15(10-13)16(21)20(9-8-18)14-4-2-1-3-5-14;/h1-7,10H,8-9,18H2;1H. The fourth-order valence-electron chi connectivity index (χ4n) is 2.02. The molecule has 4 nitrogen and oxygen atoms in total. The molecule has 0 aliphatic rings. The molecule has 2 aromatic rings. The van der Waals surface area contributed by atoms with Crippen LogP contribution in [-0.2, 0) is 0 Å². The summed E-state index contributed by atoms with van der Waals surface area (Å²) in [6.45, 7) is 0.684. The number of carbonyl (C=O) groups is 1. The fourth-order valence-corrected chi connectivity index (χ4v) is 2.19. The van der Waals surface area contributed by atoms with Crippen molar-refractivity contribution in [3.63, 3.8) is 0 Å². The predicted octanol–water partition coefficient (Wildman–Crippen LogP) is 3.24. The van der Waals surface area contributed by atoms with Gasteiger partial charge in [-0.3, -0.25) is 4.79 Å². The van der Waals surface area contributed by atoms with Crippen LogP contribution in [0.3, 0.4) is 0 Å². The second kappa shape index (κ2) is 8.40. The number of amides is 1. The molecule has 0 saturated heterocycles. The molecular formula is C16H15Cl2N3O. The van der Waals surface area contributed by atoms with E-state index < -0.39 is 0 Å². The van der Waals surface area contributed by atoms with Crippen molar-refractivity contribution in [1.82, 2.24) is 0 Å². The first-order valence-electron chi connectivity index (χ1n) is 6.44. The van der Waals surface area contributed by atoms with Crippen molar-refractivity contribution in [2.45, 2.75) is 0 Å². The number of nitrogens with zero attached hydrogens (tertiary/aromatic N) is 2. The average molecular weight is 336 g/mol. The minimum atomic E-state index is -0.286. The van der Waals surface area contributed by atoms with Crippen molar-refractivity contribution < 1.29 is 4.79 Å². The van der Waals surface area contributed by atoms with E-state index in [0.29, 0.717) is 23.7 Å². The summed E-state index contributed by atoms with van der Waals surface area (Å²) in [6.07, 6.45) is 0. The predicted molar refractivity (Wildman–Crippen MR) is 90.6 cm³/mol. The Bertz CT molecular complexity index is 684. The van der Waals surface area contributed by atoms with Crippen LogP contribution in [0, 0.1) is 11.3 Å². The molecule has 0 bridgehead atoms. The third-order valence-electron chi connectivity index (χ3n) is 3.00. The van der Waals surface area contributed by atoms with E-state index in [1.165, 1.54) is 6.07 Å². The summed E-state index contributed by atoms with van der Waals surface area (Å²) in [7, 11) is 0. The molecule has 0 aromatic heterocycles. The summed E-state index contributed by atoms with van der Waals surface area (Å²) in [5.41, 5.74) is 6.91. The highest BCUT2D eigenvalue weighted by atomic mass is 35.5.